The minimum atomic E-state index is -4.84. The van der Waals surface area contributed by atoms with Gasteiger partial charge in [0.15, 0.2) is 0 Å². The fraction of sp³-hybridized carbons (Fsp3) is 0.257. The fourth-order valence-corrected chi connectivity index (χ4v) is 4.70. The predicted octanol–water partition coefficient (Wildman–Crippen LogP) is 10.5. The van der Waals surface area contributed by atoms with Crippen molar-refractivity contribution in [3.63, 3.8) is 0 Å². The summed E-state index contributed by atoms with van der Waals surface area (Å²) < 4.78 is 119. The number of benzene rings is 4. The third kappa shape index (κ3) is 10.8. The van der Waals surface area contributed by atoms with Crippen LogP contribution in [0.5, 0.6) is 17.2 Å². The highest BCUT2D eigenvalue weighted by atomic mass is 19.4. The lowest BCUT2D eigenvalue weighted by molar-refractivity contribution is -0.274. The van der Waals surface area contributed by atoms with Gasteiger partial charge in [0, 0.05) is 36.1 Å². The molecule has 0 fully saturated rings. The molecule has 4 rings (SSSR count). The zero-order valence-electron chi connectivity index (χ0n) is 25.1. The Morgan fingerprint density at radius 1 is 0.521 bits per heavy atom. The highest BCUT2D eigenvalue weighted by Crippen LogP contribution is 2.33. The lowest BCUT2D eigenvalue weighted by atomic mass is 10.0. The molecule has 0 spiro atoms. The molecule has 0 unspecified atom stereocenters. The lowest BCUT2D eigenvalue weighted by Crippen LogP contribution is -2.16. The molecule has 254 valence electrons. The topological polar surface area (TPSA) is 61.8 Å². The average molecular weight is 681 g/mol. The molecule has 4 aromatic carbocycles. The third-order valence-corrected chi connectivity index (χ3v) is 7.03. The molecular formula is C35H28F8O5. The number of carbonyl (C=O) groups excluding carboxylic acids is 2. The second-order valence-corrected chi connectivity index (χ2v) is 10.6. The molecule has 0 saturated heterocycles. The molecule has 0 bridgehead atoms. The second-order valence-electron chi connectivity index (χ2n) is 10.6. The van der Waals surface area contributed by atoms with Gasteiger partial charge in [-0.15, -0.1) is 13.2 Å². The van der Waals surface area contributed by atoms with E-state index in [1.807, 2.05) is 0 Å². The SMILES string of the molecule is O=C(CCCCCCCC(=O)Oc1ccc(-c2ccc(C(F)(F)F)cc2)c(F)c1)Oc1ccc(-c2ccc(OC(F)(F)F)cc2)c(F)c1. The minimum absolute atomic E-state index is 0.0223. The van der Waals surface area contributed by atoms with Gasteiger partial charge in [-0.25, -0.2) is 8.78 Å². The summed E-state index contributed by atoms with van der Waals surface area (Å²) >= 11 is 0. The van der Waals surface area contributed by atoms with Crippen LogP contribution in [0, 0.1) is 11.6 Å². The van der Waals surface area contributed by atoms with Gasteiger partial charge in [-0.05, 0) is 72.5 Å². The Bertz CT molecular complexity index is 1700. The van der Waals surface area contributed by atoms with E-state index in [1.165, 1.54) is 36.4 Å². The van der Waals surface area contributed by atoms with Gasteiger partial charge in [-0.1, -0.05) is 43.5 Å². The Morgan fingerprint density at radius 2 is 0.917 bits per heavy atom. The highest BCUT2D eigenvalue weighted by molar-refractivity contribution is 5.74. The Kier molecular flexibility index (Phi) is 11.8. The minimum Gasteiger partial charge on any atom is -0.426 e. The molecule has 13 heteroatoms. The first-order chi connectivity index (χ1) is 22.7. The molecule has 0 N–H and O–H groups in total. The van der Waals surface area contributed by atoms with Gasteiger partial charge in [-0.2, -0.15) is 13.2 Å². The van der Waals surface area contributed by atoms with E-state index < -0.39 is 47.4 Å². The van der Waals surface area contributed by atoms with Crippen molar-refractivity contribution in [2.24, 2.45) is 0 Å². The maximum absolute atomic E-state index is 14.6. The molecule has 0 aromatic heterocycles. The summed E-state index contributed by atoms with van der Waals surface area (Å²) in [5.41, 5.74) is -0.157. The number of carbonyl (C=O) groups is 2. The van der Waals surface area contributed by atoms with Crippen LogP contribution in [0.2, 0.25) is 0 Å². The molecule has 0 amide bonds. The highest BCUT2D eigenvalue weighted by Gasteiger charge is 2.31. The first kappa shape index (κ1) is 35.9. The molecule has 0 aliphatic heterocycles. The van der Waals surface area contributed by atoms with Crippen molar-refractivity contribution in [2.45, 2.75) is 57.5 Å². The van der Waals surface area contributed by atoms with Crippen LogP contribution in [-0.2, 0) is 15.8 Å². The van der Waals surface area contributed by atoms with Crippen molar-refractivity contribution in [1.29, 1.82) is 0 Å². The smallest absolute Gasteiger partial charge is 0.426 e. The molecule has 48 heavy (non-hydrogen) atoms. The Labute approximate surface area is 270 Å². The van der Waals surface area contributed by atoms with Gasteiger partial charge in [0.1, 0.15) is 28.9 Å². The first-order valence-corrected chi connectivity index (χ1v) is 14.7. The summed E-state index contributed by atoms with van der Waals surface area (Å²) in [4.78, 5) is 24.3. The lowest BCUT2D eigenvalue weighted by Gasteiger charge is -2.10. The second kappa shape index (κ2) is 15.8. The quantitative estimate of drug-likeness (QED) is 0.0609. The molecule has 0 aliphatic rings. The van der Waals surface area contributed by atoms with E-state index in [0.717, 1.165) is 48.5 Å². The molecule has 0 aliphatic carbocycles. The van der Waals surface area contributed by atoms with Crippen molar-refractivity contribution < 1.29 is 58.9 Å². The number of alkyl halides is 6. The normalized spacial score (nSPS) is 11.7. The Morgan fingerprint density at radius 3 is 1.31 bits per heavy atom. The third-order valence-electron chi connectivity index (χ3n) is 7.03. The van der Waals surface area contributed by atoms with Crippen molar-refractivity contribution >= 4 is 11.9 Å². The molecule has 0 heterocycles. The van der Waals surface area contributed by atoms with E-state index in [1.54, 1.807) is 0 Å². The summed E-state index contributed by atoms with van der Waals surface area (Å²) in [6.45, 7) is 0. The number of hydrogen-bond acceptors (Lipinski definition) is 5. The number of halogens is 8. The van der Waals surface area contributed by atoms with Crippen molar-refractivity contribution in [3.05, 3.63) is 102 Å². The van der Waals surface area contributed by atoms with E-state index in [4.69, 9.17) is 9.47 Å². The zero-order valence-corrected chi connectivity index (χ0v) is 25.1. The first-order valence-electron chi connectivity index (χ1n) is 14.7. The summed E-state index contributed by atoms with van der Waals surface area (Å²) in [7, 11) is 0. The largest absolute Gasteiger partial charge is 0.573 e. The number of rotatable bonds is 13. The molecule has 5 nitrogen and oxygen atoms in total. The van der Waals surface area contributed by atoms with Crippen LogP contribution in [0.15, 0.2) is 84.9 Å². The summed E-state index contributed by atoms with van der Waals surface area (Å²) in [6.07, 6.45) is -6.23. The van der Waals surface area contributed by atoms with Crippen LogP contribution in [0.25, 0.3) is 22.3 Å². The molecular weight excluding hydrogens is 652 g/mol. The predicted molar refractivity (Wildman–Crippen MR) is 159 cm³/mol. The standard InChI is InChI=1S/C35H28F8O5/c36-30-20-26(16-18-28(30)22-8-12-24(13-9-22)34(38,39)40)46-32(44)6-4-2-1-3-5-7-33(45)47-27-17-19-29(31(37)21-27)23-10-14-25(15-11-23)48-35(41,42)43/h8-21H,1-7H2. The van der Waals surface area contributed by atoms with Crippen LogP contribution in [0.4, 0.5) is 35.1 Å². The summed E-state index contributed by atoms with van der Waals surface area (Å²) in [6, 6.07) is 16.1. The van der Waals surface area contributed by atoms with Crippen LogP contribution in [0.3, 0.4) is 0 Å². The molecule has 4 aromatic rings. The van der Waals surface area contributed by atoms with Gasteiger partial charge < -0.3 is 14.2 Å². The van der Waals surface area contributed by atoms with Crippen LogP contribution in [0.1, 0.15) is 50.5 Å². The zero-order chi connectivity index (χ0) is 34.9. The maximum atomic E-state index is 14.6. The van der Waals surface area contributed by atoms with Gasteiger partial charge in [-0.3, -0.25) is 9.59 Å². The molecule has 0 atom stereocenters. The van der Waals surface area contributed by atoms with E-state index in [0.29, 0.717) is 37.7 Å². The van der Waals surface area contributed by atoms with Gasteiger partial charge in [0.25, 0.3) is 0 Å². The molecule has 0 saturated carbocycles. The Hall–Kier alpha value is -4.94. The number of hydrogen-bond donors (Lipinski definition) is 0. The summed E-state index contributed by atoms with van der Waals surface area (Å²) in [5, 5.41) is 0. The van der Waals surface area contributed by atoms with Gasteiger partial charge in [0.2, 0.25) is 0 Å². The van der Waals surface area contributed by atoms with Crippen molar-refractivity contribution in [1.82, 2.24) is 0 Å². The summed E-state index contributed by atoms with van der Waals surface area (Å²) in [5.74, 6) is -3.14. The maximum Gasteiger partial charge on any atom is 0.573 e. The van der Waals surface area contributed by atoms with Crippen LogP contribution < -0.4 is 14.2 Å². The van der Waals surface area contributed by atoms with E-state index in [9.17, 15) is 44.7 Å². The monoisotopic (exact) mass is 680 g/mol. The van der Waals surface area contributed by atoms with Gasteiger partial charge >= 0.3 is 24.5 Å². The number of unbranched alkanes of at least 4 members (excludes halogenated alkanes) is 4. The fourth-order valence-electron chi connectivity index (χ4n) is 4.70. The van der Waals surface area contributed by atoms with Crippen LogP contribution >= 0.6 is 0 Å². The van der Waals surface area contributed by atoms with Crippen LogP contribution in [-0.4, -0.2) is 18.3 Å². The van der Waals surface area contributed by atoms with Crippen molar-refractivity contribution in [2.75, 3.05) is 0 Å². The van der Waals surface area contributed by atoms with E-state index >= 15 is 0 Å². The van der Waals surface area contributed by atoms with Crippen molar-refractivity contribution in [3.8, 4) is 39.5 Å². The molecule has 0 radical (unpaired) electrons. The average Bonchev–Trinajstić information content (AvgIpc) is 3.00. The number of esters is 2. The Balaban J connectivity index is 1.12. The van der Waals surface area contributed by atoms with E-state index in [2.05, 4.69) is 4.74 Å². The van der Waals surface area contributed by atoms with Gasteiger partial charge in [0.05, 0.1) is 5.56 Å². The number of ether oxygens (including phenoxy) is 3. The van der Waals surface area contributed by atoms with E-state index in [-0.39, 0.29) is 41.0 Å².